The lowest BCUT2D eigenvalue weighted by molar-refractivity contribution is 0.248. The van der Waals surface area contributed by atoms with Crippen LogP contribution in [0.5, 0.6) is 5.75 Å². The third-order valence-electron chi connectivity index (χ3n) is 1.96. The Balaban J connectivity index is 2.89. The molecule has 0 aromatic heterocycles. The maximum Gasteiger partial charge on any atom is 0.120 e. The summed E-state index contributed by atoms with van der Waals surface area (Å²) in [7, 11) is 0. The van der Waals surface area contributed by atoms with Gasteiger partial charge in [-0.15, -0.1) is 0 Å². The Morgan fingerprint density at radius 2 is 1.86 bits per heavy atom. The molecule has 0 N–H and O–H groups in total. The molecule has 0 amide bonds. The van der Waals surface area contributed by atoms with E-state index in [9.17, 15) is 0 Å². The van der Waals surface area contributed by atoms with Gasteiger partial charge in [0.05, 0.1) is 0 Å². The summed E-state index contributed by atoms with van der Waals surface area (Å²) in [6.45, 7) is 6.00. The van der Waals surface area contributed by atoms with Gasteiger partial charge in [0, 0.05) is 10.4 Å². The van der Waals surface area contributed by atoms with E-state index >= 15 is 0 Å². The number of hydrogen-bond donors (Lipinski definition) is 0. The molecule has 0 saturated heterocycles. The highest BCUT2D eigenvalue weighted by atomic mass is 79.9. The van der Waals surface area contributed by atoms with Crippen LogP contribution in [0.3, 0.4) is 0 Å². The molecule has 0 aliphatic carbocycles. The van der Waals surface area contributed by atoms with Gasteiger partial charge in [-0.05, 0) is 44.0 Å². The highest BCUT2D eigenvalue weighted by Crippen LogP contribution is 2.26. The van der Waals surface area contributed by atoms with Gasteiger partial charge in [-0.3, -0.25) is 0 Å². The Kier molecular flexibility index (Phi) is 4.27. The van der Waals surface area contributed by atoms with Gasteiger partial charge in [-0.2, -0.15) is 0 Å². The molecule has 14 heavy (non-hydrogen) atoms. The van der Waals surface area contributed by atoms with Gasteiger partial charge < -0.3 is 4.74 Å². The minimum absolute atomic E-state index is 0.176. The number of ether oxygens (including phenoxy) is 1. The molecule has 1 aromatic carbocycles. The minimum atomic E-state index is 0.176. The lowest BCUT2D eigenvalue weighted by Crippen LogP contribution is -2.12. The van der Waals surface area contributed by atoms with Crippen LogP contribution in [0.4, 0.5) is 0 Å². The second kappa shape index (κ2) is 5.04. The zero-order chi connectivity index (χ0) is 10.7. The summed E-state index contributed by atoms with van der Waals surface area (Å²) in [5.74, 6) is 0.886. The van der Waals surface area contributed by atoms with E-state index in [2.05, 4.69) is 15.9 Å². The van der Waals surface area contributed by atoms with E-state index in [1.807, 2.05) is 32.9 Å². The van der Waals surface area contributed by atoms with Crippen molar-refractivity contribution in [3.05, 3.63) is 28.3 Å². The van der Waals surface area contributed by atoms with Crippen LogP contribution < -0.4 is 4.74 Å². The summed E-state index contributed by atoms with van der Waals surface area (Å²) >= 11 is 9.43. The summed E-state index contributed by atoms with van der Waals surface area (Å²) in [5, 5.41) is 1.65. The van der Waals surface area contributed by atoms with E-state index in [-0.39, 0.29) is 6.10 Å². The van der Waals surface area contributed by atoms with Crippen molar-refractivity contribution in [3.8, 4) is 5.75 Å². The number of hydrogen-bond acceptors (Lipinski definition) is 1. The van der Waals surface area contributed by atoms with Crippen molar-refractivity contribution in [2.75, 3.05) is 5.33 Å². The standard InChI is InChI=1S/C11H14BrClO/c1-7-4-10(14-9(3)6-12)5-8(2)11(7)13/h4-5,9H,6H2,1-3H3. The quantitative estimate of drug-likeness (QED) is 0.755. The Labute approximate surface area is 98.5 Å². The van der Waals surface area contributed by atoms with Gasteiger partial charge in [0.1, 0.15) is 11.9 Å². The lowest BCUT2D eigenvalue weighted by Gasteiger charge is -2.14. The van der Waals surface area contributed by atoms with Crippen molar-refractivity contribution in [3.63, 3.8) is 0 Å². The van der Waals surface area contributed by atoms with Gasteiger partial charge in [0.25, 0.3) is 0 Å². The topological polar surface area (TPSA) is 9.23 Å². The molecule has 1 rings (SSSR count). The first-order valence-corrected chi connectivity index (χ1v) is 6.04. The van der Waals surface area contributed by atoms with E-state index in [0.29, 0.717) is 0 Å². The van der Waals surface area contributed by atoms with Crippen LogP contribution in [0, 0.1) is 13.8 Å². The fraction of sp³-hybridized carbons (Fsp3) is 0.455. The summed E-state index contributed by atoms with van der Waals surface area (Å²) in [4.78, 5) is 0. The van der Waals surface area contributed by atoms with Gasteiger partial charge in [-0.25, -0.2) is 0 Å². The van der Waals surface area contributed by atoms with Crippen molar-refractivity contribution in [1.82, 2.24) is 0 Å². The highest BCUT2D eigenvalue weighted by Gasteiger charge is 2.06. The van der Waals surface area contributed by atoms with Crippen molar-refractivity contribution >= 4 is 27.5 Å². The van der Waals surface area contributed by atoms with E-state index in [1.54, 1.807) is 0 Å². The van der Waals surface area contributed by atoms with Crippen LogP contribution in [0.1, 0.15) is 18.1 Å². The summed E-state index contributed by atoms with van der Waals surface area (Å²) in [5.41, 5.74) is 2.12. The predicted molar refractivity (Wildman–Crippen MR) is 64.8 cm³/mol. The van der Waals surface area contributed by atoms with Crippen molar-refractivity contribution in [2.24, 2.45) is 0 Å². The second-order valence-electron chi connectivity index (χ2n) is 3.45. The van der Waals surface area contributed by atoms with Crippen molar-refractivity contribution in [1.29, 1.82) is 0 Å². The fourth-order valence-electron chi connectivity index (χ4n) is 1.24. The number of benzene rings is 1. The normalized spacial score (nSPS) is 12.6. The molecule has 1 atom stereocenters. The summed E-state index contributed by atoms with van der Waals surface area (Å²) in [6.07, 6.45) is 0.176. The molecule has 0 radical (unpaired) electrons. The Morgan fingerprint density at radius 3 is 2.29 bits per heavy atom. The molecule has 0 fully saturated rings. The minimum Gasteiger partial charge on any atom is -0.490 e. The molecule has 0 bridgehead atoms. The Hall–Kier alpha value is -0.210. The third-order valence-corrected chi connectivity index (χ3v) is 3.47. The SMILES string of the molecule is Cc1cc(OC(C)CBr)cc(C)c1Cl. The van der Waals surface area contributed by atoms with E-state index < -0.39 is 0 Å². The van der Waals surface area contributed by atoms with Crippen LogP contribution in [-0.2, 0) is 0 Å². The summed E-state index contributed by atoms with van der Waals surface area (Å²) < 4.78 is 5.67. The number of alkyl halides is 1. The number of rotatable bonds is 3. The first-order chi connectivity index (χ1) is 6.54. The van der Waals surface area contributed by atoms with Gasteiger partial charge in [0.2, 0.25) is 0 Å². The first kappa shape index (κ1) is 11.9. The molecule has 0 saturated carbocycles. The Bertz CT molecular complexity index is 302. The fourth-order valence-corrected chi connectivity index (χ4v) is 1.48. The van der Waals surface area contributed by atoms with E-state index in [0.717, 1.165) is 27.2 Å². The van der Waals surface area contributed by atoms with E-state index in [1.165, 1.54) is 0 Å². The molecular formula is C11H14BrClO. The largest absolute Gasteiger partial charge is 0.490 e. The number of aryl methyl sites for hydroxylation is 2. The molecule has 0 heterocycles. The van der Waals surface area contributed by atoms with Gasteiger partial charge >= 0.3 is 0 Å². The van der Waals surface area contributed by atoms with E-state index in [4.69, 9.17) is 16.3 Å². The summed E-state index contributed by atoms with van der Waals surface area (Å²) in [6, 6.07) is 3.93. The van der Waals surface area contributed by atoms with Crippen LogP contribution in [-0.4, -0.2) is 11.4 Å². The van der Waals surface area contributed by atoms with Crippen LogP contribution >= 0.6 is 27.5 Å². The van der Waals surface area contributed by atoms with Gasteiger partial charge in [0.15, 0.2) is 0 Å². The van der Waals surface area contributed by atoms with Crippen LogP contribution in [0.15, 0.2) is 12.1 Å². The van der Waals surface area contributed by atoms with Crippen molar-refractivity contribution < 1.29 is 4.74 Å². The molecule has 1 unspecified atom stereocenters. The molecule has 0 aliphatic heterocycles. The first-order valence-electron chi connectivity index (χ1n) is 4.54. The molecule has 0 aliphatic rings. The molecular weight excluding hydrogens is 263 g/mol. The number of halogens is 2. The van der Waals surface area contributed by atoms with Crippen LogP contribution in [0.25, 0.3) is 0 Å². The lowest BCUT2D eigenvalue weighted by atomic mass is 10.1. The van der Waals surface area contributed by atoms with Gasteiger partial charge in [-0.1, -0.05) is 27.5 Å². The molecule has 3 heteroatoms. The zero-order valence-corrected chi connectivity index (χ0v) is 10.9. The highest BCUT2D eigenvalue weighted by molar-refractivity contribution is 9.09. The van der Waals surface area contributed by atoms with Crippen LogP contribution in [0.2, 0.25) is 5.02 Å². The Morgan fingerprint density at radius 1 is 1.36 bits per heavy atom. The predicted octanol–water partition coefficient (Wildman–Crippen LogP) is 4.12. The second-order valence-corrected chi connectivity index (χ2v) is 4.48. The molecule has 78 valence electrons. The average molecular weight is 278 g/mol. The monoisotopic (exact) mass is 276 g/mol. The average Bonchev–Trinajstić information content (AvgIpc) is 2.14. The maximum atomic E-state index is 6.06. The molecule has 1 aromatic rings. The zero-order valence-electron chi connectivity index (χ0n) is 8.60. The smallest absolute Gasteiger partial charge is 0.120 e. The third kappa shape index (κ3) is 2.89. The molecule has 0 spiro atoms. The maximum absolute atomic E-state index is 6.06. The molecule has 1 nitrogen and oxygen atoms in total. The van der Waals surface area contributed by atoms with Crippen molar-refractivity contribution in [2.45, 2.75) is 26.9 Å².